The van der Waals surface area contributed by atoms with Crippen LogP contribution in [-0.2, 0) is 4.79 Å². The van der Waals surface area contributed by atoms with Crippen LogP contribution in [0.15, 0.2) is 12.2 Å². The third-order valence-corrected chi connectivity index (χ3v) is 5.10. The van der Waals surface area contributed by atoms with E-state index < -0.39 is 18.2 Å². The average molecular weight is 385 g/mol. The Hall–Kier alpha value is -0.870. The highest BCUT2D eigenvalue weighted by molar-refractivity contribution is 5.66. The second kappa shape index (κ2) is 19.9. The number of hydrogen-bond donors (Lipinski definition) is 3. The summed E-state index contributed by atoms with van der Waals surface area (Å²) in [5, 5.41) is 28.6. The van der Waals surface area contributed by atoms with Gasteiger partial charge in [0.25, 0.3) is 0 Å². The van der Waals surface area contributed by atoms with Crippen LogP contribution in [0, 0.1) is 0 Å². The number of carboxylic acid groups (broad SMARTS) is 1. The minimum atomic E-state index is -0.730. The zero-order valence-corrected chi connectivity index (χ0v) is 17.6. The van der Waals surface area contributed by atoms with Crippen molar-refractivity contribution in [3.05, 3.63) is 12.2 Å². The summed E-state index contributed by atoms with van der Waals surface area (Å²) in [4.78, 5) is 10.4. The van der Waals surface area contributed by atoms with Gasteiger partial charge in [-0.3, -0.25) is 4.79 Å². The molecule has 3 N–H and O–H groups in total. The first-order valence-electron chi connectivity index (χ1n) is 11.3. The molecule has 27 heavy (non-hydrogen) atoms. The van der Waals surface area contributed by atoms with Crippen molar-refractivity contribution in [2.24, 2.45) is 0 Å². The van der Waals surface area contributed by atoms with E-state index in [2.05, 4.69) is 19.1 Å². The fraction of sp³-hybridized carbons (Fsp3) is 0.870. The summed E-state index contributed by atoms with van der Waals surface area (Å²) < 4.78 is 0. The van der Waals surface area contributed by atoms with Crippen LogP contribution in [0.25, 0.3) is 0 Å². The first-order valence-corrected chi connectivity index (χ1v) is 11.3. The van der Waals surface area contributed by atoms with Gasteiger partial charge in [-0.15, -0.1) is 0 Å². The van der Waals surface area contributed by atoms with E-state index in [0.717, 1.165) is 57.8 Å². The van der Waals surface area contributed by atoms with Gasteiger partial charge in [0.05, 0.1) is 12.2 Å². The van der Waals surface area contributed by atoms with Crippen molar-refractivity contribution in [2.45, 2.75) is 128 Å². The Morgan fingerprint density at radius 2 is 1.15 bits per heavy atom. The lowest BCUT2D eigenvalue weighted by Crippen LogP contribution is -2.25. The molecule has 0 aliphatic rings. The molecule has 0 fully saturated rings. The van der Waals surface area contributed by atoms with Crippen LogP contribution in [0.4, 0.5) is 0 Å². The van der Waals surface area contributed by atoms with Gasteiger partial charge in [-0.05, 0) is 44.9 Å². The Kier molecular flexibility index (Phi) is 19.2. The number of carboxylic acids is 1. The number of unbranched alkanes of at least 4 members (excludes halogenated alkanes) is 11. The molecule has 4 heteroatoms. The quantitative estimate of drug-likeness (QED) is 0.178. The molecule has 0 aromatic rings. The molecule has 2 atom stereocenters. The zero-order chi connectivity index (χ0) is 20.2. The van der Waals surface area contributed by atoms with Crippen LogP contribution >= 0.6 is 0 Å². The number of carbonyl (C=O) groups is 1. The number of rotatable bonds is 20. The predicted octanol–water partition coefficient (Wildman–Crippen LogP) is 6.00. The van der Waals surface area contributed by atoms with Crippen LogP contribution < -0.4 is 0 Å². The van der Waals surface area contributed by atoms with E-state index in [-0.39, 0.29) is 6.42 Å². The summed E-state index contributed by atoms with van der Waals surface area (Å²) in [6.07, 6.45) is 20.3. The molecule has 0 spiro atoms. The second-order valence-corrected chi connectivity index (χ2v) is 7.79. The van der Waals surface area contributed by atoms with Crippen LogP contribution in [0.1, 0.15) is 116 Å². The minimum absolute atomic E-state index is 0.246. The largest absolute Gasteiger partial charge is 0.481 e. The lowest BCUT2D eigenvalue weighted by Gasteiger charge is -2.17. The molecule has 0 saturated heterocycles. The Morgan fingerprint density at radius 3 is 1.67 bits per heavy atom. The monoisotopic (exact) mass is 384 g/mol. The van der Waals surface area contributed by atoms with Crippen LogP contribution in [-0.4, -0.2) is 33.5 Å². The highest BCUT2D eigenvalue weighted by Gasteiger charge is 2.15. The molecule has 0 aliphatic heterocycles. The van der Waals surface area contributed by atoms with Gasteiger partial charge in [-0.25, -0.2) is 0 Å². The number of aliphatic hydroxyl groups is 2. The van der Waals surface area contributed by atoms with E-state index in [0.29, 0.717) is 12.8 Å². The zero-order valence-electron chi connectivity index (χ0n) is 17.6. The predicted molar refractivity (Wildman–Crippen MR) is 113 cm³/mol. The minimum Gasteiger partial charge on any atom is -0.481 e. The number of allylic oxidation sites excluding steroid dienone is 2. The summed E-state index contributed by atoms with van der Waals surface area (Å²) in [6.45, 7) is 2.24. The van der Waals surface area contributed by atoms with Gasteiger partial charge < -0.3 is 15.3 Å². The van der Waals surface area contributed by atoms with Gasteiger partial charge in [0.2, 0.25) is 0 Å². The van der Waals surface area contributed by atoms with Crippen LogP contribution in [0.5, 0.6) is 0 Å². The number of aliphatic carboxylic acids is 1. The lowest BCUT2D eigenvalue weighted by molar-refractivity contribution is -0.137. The molecule has 0 aromatic carbocycles. The van der Waals surface area contributed by atoms with Crippen molar-refractivity contribution >= 4 is 5.97 Å². The molecule has 0 rings (SSSR count). The SMILES string of the molecule is CCCCCC/C=C/CCCCC[C@@H](O)[C@H](O)CCCCCCCC(=O)O. The van der Waals surface area contributed by atoms with Crippen LogP contribution in [0.3, 0.4) is 0 Å². The van der Waals surface area contributed by atoms with Crippen molar-refractivity contribution in [1.29, 1.82) is 0 Å². The van der Waals surface area contributed by atoms with Crippen molar-refractivity contribution < 1.29 is 20.1 Å². The topological polar surface area (TPSA) is 77.8 Å². The molecule has 0 heterocycles. The average Bonchev–Trinajstić information content (AvgIpc) is 2.64. The second-order valence-electron chi connectivity index (χ2n) is 7.79. The molecule has 160 valence electrons. The molecule has 0 unspecified atom stereocenters. The fourth-order valence-corrected chi connectivity index (χ4v) is 3.26. The first kappa shape index (κ1) is 26.1. The highest BCUT2D eigenvalue weighted by atomic mass is 16.4. The van der Waals surface area contributed by atoms with E-state index in [1.54, 1.807) is 0 Å². The molecule has 0 bridgehead atoms. The van der Waals surface area contributed by atoms with Crippen LogP contribution in [0.2, 0.25) is 0 Å². The maximum absolute atomic E-state index is 10.4. The molecule has 4 nitrogen and oxygen atoms in total. The van der Waals surface area contributed by atoms with Crippen molar-refractivity contribution in [3.63, 3.8) is 0 Å². The van der Waals surface area contributed by atoms with Gasteiger partial charge in [-0.2, -0.15) is 0 Å². The van der Waals surface area contributed by atoms with E-state index >= 15 is 0 Å². The Balaban J connectivity index is 3.41. The summed E-state index contributed by atoms with van der Waals surface area (Å²) in [7, 11) is 0. The Morgan fingerprint density at radius 1 is 0.704 bits per heavy atom. The third kappa shape index (κ3) is 19.7. The maximum atomic E-state index is 10.4. The lowest BCUT2D eigenvalue weighted by atomic mass is 10.00. The normalized spacial score (nSPS) is 13.9. The van der Waals surface area contributed by atoms with Crippen molar-refractivity contribution in [1.82, 2.24) is 0 Å². The Labute approximate surface area is 167 Å². The van der Waals surface area contributed by atoms with E-state index in [4.69, 9.17) is 5.11 Å². The molecule has 0 aliphatic carbocycles. The molecule has 0 saturated carbocycles. The molecule has 0 radical (unpaired) electrons. The van der Waals surface area contributed by atoms with E-state index in [9.17, 15) is 15.0 Å². The Bertz CT molecular complexity index is 354. The standard InChI is InChI=1S/C23H44O4/c1-2-3-4-5-6-7-8-9-10-12-15-18-21(24)22(25)19-16-13-11-14-17-20-23(26)27/h7-8,21-22,24-25H,2-6,9-20H2,1H3,(H,26,27)/b8-7+/t21-,22-/m1/s1. The summed E-state index contributed by atoms with van der Waals surface area (Å²) in [5.41, 5.74) is 0. The van der Waals surface area contributed by atoms with Crippen molar-refractivity contribution in [2.75, 3.05) is 0 Å². The highest BCUT2D eigenvalue weighted by Crippen LogP contribution is 2.14. The smallest absolute Gasteiger partial charge is 0.303 e. The summed E-state index contributed by atoms with van der Waals surface area (Å²) in [5.74, 6) is -0.730. The van der Waals surface area contributed by atoms with Gasteiger partial charge in [-0.1, -0.05) is 76.9 Å². The van der Waals surface area contributed by atoms with E-state index in [1.807, 2.05) is 0 Å². The molecular weight excluding hydrogens is 340 g/mol. The number of hydrogen-bond acceptors (Lipinski definition) is 3. The number of aliphatic hydroxyl groups excluding tert-OH is 2. The molecular formula is C23H44O4. The fourth-order valence-electron chi connectivity index (χ4n) is 3.26. The summed E-state index contributed by atoms with van der Waals surface area (Å²) in [6, 6.07) is 0. The molecule has 0 aromatic heterocycles. The maximum Gasteiger partial charge on any atom is 0.303 e. The van der Waals surface area contributed by atoms with Crippen molar-refractivity contribution in [3.8, 4) is 0 Å². The van der Waals surface area contributed by atoms with Gasteiger partial charge in [0, 0.05) is 6.42 Å². The molecule has 0 amide bonds. The third-order valence-electron chi connectivity index (χ3n) is 5.10. The van der Waals surface area contributed by atoms with Gasteiger partial charge in [0.15, 0.2) is 0 Å². The first-order chi connectivity index (χ1) is 13.1. The van der Waals surface area contributed by atoms with E-state index in [1.165, 1.54) is 32.1 Å². The van der Waals surface area contributed by atoms with Gasteiger partial charge >= 0.3 is 5.97 Å². The van der Waals surface area contributed by atoms with Gasteiger partial charge in [0.1, 0.15) is 0 Å². The summed E-state index contributed by atoms with van der Waals surface area (Å²) >= 11 is 0.